The van der Waals surface area contributed by atoms with E-state index >= 15 is 0 Å². The van der Waals surface area contributed by atoms with Gasteiger partial charge in [0.05, 0.1) is 0 Å². The van der Waals surface area contributed by atoms with Crippen LogP contribution in [0.4, 0.5) is 5.69 Å². The van der Waals surface area contributed by atoms with Crippen molar-refractivity contribution in [3.8, 4) is 0 Å². The van der Waals surface area contributed by atoms with Crippen LogP contribution in [0.1, 0.15) is 37.0 Å². The Morgan fingerprint density at radius 1 is 1.19 bits per heavy atom. The molecule has 114 valence electrons. The molecule has 2 amide bonds. The fourth-order valence-electron chi connectivity index (χ4n) is 2.11. The van der Waals surface area contributed by atoms with E-state index in [-0.39, 0.29) is 11.7 Å². The Balaban J connectivity index is 2.99. The number of rotatable bonds is 6. The summed E-state index contributed by atoms with van der Waals surface area (Å²) in [5.41, 5.74) is 10.6. The third-order valence-electron chi connectivity index (χ3n) is 3.67. The van der Waals surface area contributed by atoms with E-state index in [1.165, 1.54) is 12.1 Å². The highest BCUT2D eigenvalue weighted by atomic mass is 16.4. The highest BCUT2D eigenvalue weighted by Crippen LogP contribution is 2.28. The number of anilines is 1. The van der Waals surface area contributed by atoms with Gasteiger partial charge in [-0.15, -0.1) is 0 Å². The van der Waals surface area contributed by atoms with E-state index in [9.17, 15) is 9.59 Å². The zero-order chi connectivity index (χ0) is 16.0. The van der Waals surface area contributed by atoms with Crippen LogP contribution in [-0.4, -0.2) is 22.9 Å². The molecule has 0 aliphatic heterocycles. The van der Waals surface area contributed by atoms with E-state index in [1.807, 2.05) is 0 Å². The molecule has 0 aromatic heterocycles. The number of nitrogens with zero attached hydrogens (tertiary/aromatic N) is 1. The predicted molar refractivity (Wildman–Crippen MR) is 80.0 cm³/mol. The minimum absolute atomic E-state index is 0.126. The number of carbonyl (C=O) groups is 2. The Kier molecular flexibility index (Phi) is 5.29. The summed E-state index contributed by atoms with van der Waals surface area (Å²) in [4.78, 5) is 23.4. The number of benzene rings is 1. The van der Waals surface area contributed by atoms with Gasteiger partial charge in [-0.1, -0.05) is 19.0 Å². The number of oxime groups is 1. The molecule has 0 aliphatic rings. The second-order valence-electron chi connectivity index (χ2n) is 4.67. The van der Waals surface area contributed by atoms with E-state index in [0.29, 0.717) is 24.1 Å². The molecule has 0 fully saturated rings. The van der Waals surface area contributed by atoms with Gasteiger partial charge in [0.15, 0.2) is 5.84 Å². The SMILES string of the molecule is CCC(CC)(C(=O)Nc1ccc(C(N)=O)cc1)C(N)=NO. The molecule has 1 aromatic rings. The van der Waals surface area contributed by atoms with Gasteiger partial charge >= 0.3 is 0 Å². The standard InChI is InChI=1S/C14H20N4O3/c1-3-14(4-2,12(16)18-21)13(20)17-10-7-5-9(6-8-10)11(15)19/h5-8,21H,3-4H2,1-2H3,(H2,15,19)(H2,16,18)(H,17,20). The van der Waals surface area contributed by atoms with Gasteiger partial charge < -0.3 is 22.0 Å². The number of nitrogens with two attached hydrogens (primary N) is 2. The van der Waals surface area contributed by atoms with Crippen molar-refractivity contribution in [2.75, 3.05) is 5.32 Å². The van der Waals surface area contributed by atoms with Gasteiger partial charge in [-0.2, -0.15) is 0 Å². The number of nitrogens with one attached hydrogen (secondary N) is 1. The van der Waals surface area contributed by atoms with Crippen molar-refractivity contribution >= 4 is 23.3 Å². The Morgan fingerprint density at radius 2 is 1.71 bits per heavy atom. The van der Waals surface area contributed by atoms with Gasteiger partial charge in [-0.25, -0.2) is 0 Å². The van der Waals surface area contributed by atoms with Crippen LogP contribution in [0.25, 0.3) is 0 Å². The minimum Gasteiger partial charge on any atom is -0.409 e. The van der Waals surface area contributed by atoms with E-state index in [0.717, 1.165) is 0 Å². The molecule has 7 nitrogen and oxygen atoms in total. The molecule has 0 atom stereocenters. The summed E-state index contributed by atoms with van der Waals surface area (Å²) in [6, 6.07) is 6.17. The van der Waals surface area contributed by atoms with Crippen molar-refractivity contribution in [2.24, 2.45) is 22.0 Å². The first-order valence-corrected chi connectivity index (χ1v) is 6.60. The number of carbonyl (C=O) groups excluding carboxylic acids is 2. The van der Waals surface area contributed by atoms with Gasteiger partial charge in [0.2, 0.25) is 11.8 Å². The maximum Gasteiger partial charge on any atom is 0.248 e. The first kappa shape index (κ1) is 16.5. The molecule has 1 rings (SSSR count). The second-order valence-corrected chi connectivity index (χ2v) is 4.67. The molecule has 0 unspecified atom stereocenters. The Labute approximate surface area is 123 Å². The van der Waals surface area contributed by atoms with E-state index < -0.39 is 11.3 Å². The average Bonchev–Trinajstić information content (AvgIpc) is 2.49. The highest BCUT2D eigenvalue weighted by Gasteiger charge is 2.39. The van der Waals surface area contributed by atoms with Gasteiger partial charge in [0, 0.05) is 11.3 Å². The van der Waals surface area contributed by atoms with E-state index in [1.54, 1.807) is 26.0 Å². The van der Waals surface area contributed by atoms with Crippen LogP contribution in [0.15, 0.2) is 29.4 Å². The summed E-state index contributed by atoms with van der Waals surface area (Å²) in [6.45, 7) is 3.58. The largest absolute Gasteiger partial charge is 0.409 e. The van der Waals surface area contributed by atoms with Gasteiger partial charge in [0.1, 0.15) is 5.41 Å². The summed E-state index contributed by atoms with van der Waals surface area (Å²) in [6.07, 6.45) is 0.787. The van der Waals surface area contributed by atoms with E-state index in [2.05, 4.69) is 10.5 Å². The lowest BCUT2D eigenvalue weighted by molar-refractivity contribution is -0.122. The molecule has 0 aliphatic carbocycles. The third kappa shape index (κ3) is 3.31. The number of primary amides is 1. The maximum absolute atomic E-state index is 12.4. The first-order valence-electron chi connectivity index (χ1n) is 6.60. The number of amidine groups is 1. The molecule has 0 saturated carbocycles. The number of hydrogen-bond donors (Lipinski definition) is 4. The Morgan fingerprint density at radius 3 is 2.10 bits per heavy atom. The fourth-order valence-corrected chi connectivity index (χ4v) is 2.11. The summed E-state index contributed by atoms with van der Waals surface area (Å²) < 4.78 is 0. The van der Waals surface area contributed by atoms with Crippen molar-refractivity contribution in [1.29, 1.82) is 0 Å². The van der Waals surface area contributed by atoms with Gasteiger partial charge in [0.25, 0.3) is 0 Å². The zero-order valence-electron chi connectivity index (χ0n) is 12.1. The molecule has 21 heavy (non-hydrogen) atoms. The zero-order valence-corrected chi connectivity index (χ0v) is 12.1. The first-order chi connectivity index (χ1) is 9.91. The topological polar surface area (TPSA) is 131 Å². The van der Waals surface area contributed by atoms with Crippen molar-refractivity contribution in [3.05, 3.63) is 29.8 Å². The molecular formula is C14H20N4O3. The third-order valence-corrected chi connectivity index (χ3v) is 3.67. The molecule has 0 radical (unpaired) electrons. The van der Waals surface area contributed by atoms with Gasteiger partial charge in [-0.05, 0) is 37.1 Å². The summed E-state index contributed by atoms with van der Waals surface area (Å²) in [5, 5.41) is 14.6. The monoisotopic (exact) mass is 292 g/mol. The van der Waals surface area contributed by atoms with Crippen LogP contribution < -0.4 is 16.8 Å². The molecule has 0 heterocycles. The predicted octanol–water partition coefficient (Wildman–Crippen LogP) is 1.28. The van der Waals surface area contributed by atoms with Crippen LogP contribution in [0, 0.1) is 5.41 Å². The molecule has 0 bridgehead atoms. The maximum atomic E-state index is 12.4. The Hall–Kier alpha value is -2.57. The van der Waals surface area contributed by atoms with Crippen molar-refractivity contribution in [3.63, 3.8) is 0 Å². The second kappa shape index (κ2) is 6.74. The lowest BCUT2D eigenvalue weighted by Crippen LogP contribution is -2.46. The average molecular weight is 292 g/mol. The molecule has 1 aromatic carbocycles. The van der Waals surface area contributed by atoms with Gasteiger partial charge in [-0.3, -0.25) is 9.59 Å². The van der Waals surface area contributed by atoms with Crippen LogP contribution in [0.3, 0.4) is 0 Å². The molecule has 0 saturated heterocycles. The van der Waals surface area contributed by atoms with E-state index in [4.69, 9.17) is 16.7 Å². The summed E-state index contributed by atoms with van der Waals surface area (Å²) >= 11 is 0. The molecular weight excluding hydrogens is 272 g/mol. The van der Waals surface area contributed by atoms with Crippen LogP contribution in [0.5, 0.6) is 0 Å². The van der Waals surface area contributed by atoms with Crippen molar-refractivity contribution in [1.82, 2.24) is 0 Å². The molecule has 7 heteroatoms. The minimum atomic E-state index is -1.07. The summed E-state index contributed by atoms with van der Waals surface area (Å²) in [5.74, 6) is -1.03. The summed E-state index contributed by atoms with van der Waals surface area (Å²) in [7, 11) is 0. The smallest absolute Gasteiger partial charge is 0.248 e. The lowest BCUT2D eigenvalue weighted by Gasteiger charge is -2.28. The van der Waals surface area contributed by atoms with Crippen molar-refractivity contribution in [2.45, 2.75) is 26.7 Å². The highest BCUT2D eigenvalue weighted by molar-refractivity contribution is 6.11. The fraction of sp³-hybridized carbons (Fsp3) is 0.357. The number of hydrogen-bond acceptors (Lipinski definition) is 4. The normalized spacial score (nSPS) is 12.0. The molecule has 6 N–H and O–H groups in total. The quantitative estimate of drug-likeness (QED) is 0.272. The van der Waals surface area contributed by atoms with Crippen molar-refractivity contribution < 1.29 is 14.8 Å². The number of amides is 2. The Bertz CT molecular complexity index is 548. The molecule has 0 spiro atoms. The van der Waals surface area contributed by atoms with Crippen LogP contribution in [0.2, 0.25) is 0 Å². The lowest BCUT2D eigenvalue weighted by atomic mass is 9.80. The van der Waals surface area contributed by atoms with Crippen LogP contribution in [-0.2, 0) is 4.79 Å². The van der Waals surface area contributed by atoms with Crippen LogP contribution >= 0.6 is 0 Å².